The van der Waals surface area contributed by atoms with Gasteiger partial charge in [-0.3, -0.25) is 0 Å². The first-order valence-electron chi connectivity index (χ1n) is 8.93. The molecule has 0 spiro atoms. The summed E-state index contributed by atoms with van der Waals surface area (Å²) in [7, 11) is 2.66. The van der Waals surface area contributed by atoms with Gasteiger partial charge in [-0.05, 0) is 35.4 Å². The van der Waals surface area contributed by atoms with Gasteiger partial charge in [-0.2, -0.15) is 0 Å². The molecular weight excluding hydrogens is 368 g/mol. The van der Waals surface area contributed by atoms with Crippen LogP contribution in [0.4, 0.5) is 0 Å². The van der Waals surface area contributed by atoms with Crippen LogP contribution in [0.3, 0.4) is 0 Å². The molecule has 0 atom stereocenters. The molecule has 1 heterocycles. The summed E-state index contributed by atoms with van der Waals surface area (Å²) >= 11 is 0. The highest BCUT2D eigenvalue weighted by atomic mass is 16.5. The predicted molar refractivity (Wildman–Crippen MR) is 111 cm³/mol. The Balaban J connectivity index is 1.98. The van der Waals surface area contributed by atoms with Crippen LogP contribution in [0.15, 0.2) is 77.2 Å². The molecule has 0 aliphatic heterocycles. The Labute approximate surface area is 168 Å². The number of carbonyl (C=O) groups is 2. The van der Waals surface area contributed by atoms with E-state index in [0.29, 0.717) is 33.8 Å². The SMILES string of the molecule is COC(=O)/C(=C/c1ccc(/C=C(/C(=O)OC)c2ccccc2)o1)c1ccccc1. The van der Waals surface area contributed by atoms with E-state index in [1.165, 1.54) is 14.2 Å². The summed E-state index contributed by atoms with van der Waals surface area (Å²) in [6, 6.07) is 21.8. The average molecular weight is 388 g/mol. The third kappa shape index (κ3) is 4.90. The van der Waals surface area contributed by atoms with Crippen molar-refractivity contribution in [1.29, 1.82) is 0 Å². The Kier molecular flexibility index (Phi) is 6.43. The van der Waals surface area contributed by atoms with Crippen molar-refractivity contribution in [2.45, 2.75) is 0 Å². The molecule has 1 aromatic heterocycles. The number of furan rings is 1. The molecule has 0 aliphatic rings. The molecule has 0 N–H and O–H groups in total. The maximum atomic E-state index is 12.2. The van der Waals surface area contributed by atoms with Gasteiger partial charge < -0.3 is 13.9 Å². The second-order valence-corrected chi connectivity index (χ2v) is 6.07. The molecule has 0 unspecified atom stereocenters. The molecule has 0 amide bonds. The van der Waals surface area contributed by atoms with Crippen molar-refractivity contribution in [2.75, 3.05) is 14.2 Å². The molecule has 3 aromatic rings. The first kappa shape index (κ1) is 19.9. The summed E-state index contributed by atoms with van der Waals surface area (Å²) in [4.78, 5) is 24.4. The number of esters is 2. The molecule has 0 saturated heterocycles. The lowest BCUT2D eigenvalue weighted by molar-refractivity contribution is -0.134. The number of methoxy groups -OCH3 is 2. The lowest BCUT2D eigenvalue weighted by Crippen LogP contribution is -2.03. The maximum absolute atomic E-state index is 12.2. The van der Waals surface area contributed by atoms with Gasteiger partial charge in [-0.15, -0.1) is 0 Å². The van der Waals surface area contributed by atoms with E-state index in [1.807, 2.05) is 60.7 Å². The zero-order chi connectivity index (χ0) is 20.6. The third-order valence-corrected chi connectivity index (χ3v) is 4.20. The van der Waals surface area contributed by atoms with E-state index in [-0.39, 0.29) is 0 Å². The van der Waals surface area contributed by atoms with Crippen LogP contribution < -0.4 is 0 Å². The minimum atomic E-state index is -0.468. The fourth-order valence-corrected chi connectivity index (χ4v) is 2.78. The van der Waals surface area contributed by atoms with Gasteiger partial charge in [0.15, 0.2) is 0 Å². The molecule has 5 nitrogen and oxygen atoms in total. The van der Waals surface area contributed by atoms with Crippen LogP contribution >= 0.6 is 0 Å². The van der Waals surface area contributed by atoms with E-state index in [9.17, 15) is 9.59 Å². The monoisotopic (exact) mass is 388 g/mol. The molecule has 2 aromatic carbocycles. The van der Waals surface area contributed by atoms with E-state index in [4.69, 9.17) is 13.9 Å². The largest absolute Gasteiger partial charge is 0.465 e. The minimum absolute atomic E-state index is 0.370. The highest BCUT2D eigenvalue weighted by Crippen LogP contribution is 2.24. The quantitative estimate of drug-likeness (QED) is 0.452. The van der Waals surface area contributed by atoms with Gasteiger partial charge >= 0.3 is 11.9 Å². The summed E-state index contributed by atoms with van der Waals surface area (Å²) in [5.74, 6) is -0.0241. The number of hydrogen-bond donors (Lipinski definition) is 0. The molecule has 0 fully saturated rings. The van der Waals surface area contributed by atoms with E-state index >= 15 is 0 Å². The normalized spacial score (nSPS) is 11.8. The first-order chi connectivity index (χ1) is 14.1. The average Bonchev–Trinajstić information content (AvgIpc) is 3.23. The van der Waals surface area contributed by atoms with Crippen LogP contribution in [-0.2, 0) is 19.1 Å². The number of hydrogen-bond acceptors (Lipinski definition) is 5. The summed E-state index contributed by atoms with van der Waals surface area (Å²) < 4.78 is 15.6. The van der Waals surface area contributed by atoms with Crippen LogP contribution in [0.25, 0.3) is 23.3 Å². The van der Waals surface area contributed by atoms with Crippen molar-refractivity contribution >= 4 is 35.2 Å². The van der Waals surface area contributed by atoms with Gasteiger partial charge in [0.1, 0.15) is 11.5 Å². The van der Waals surface area contributed by atoms with Crippen molar-refractivity contribution in [3.05, 3.63) is 95.4 Å². The molecule has 0 aliphatic carbocycles. The van der Waals surface area contributed by atoms with Crippen molar-refractivity contribution in [3.63, 3.8) is 0 Å². The molecular formula is C24H20O5. The summed E-state index contributed by atoms with van der Waals surface area (Å²) in [5, 5.41) is 0. The second kappa shape index (κ2) is 9.37. The van der Waals surface area contributed by atoms with Crippen molar-refractivity contribution in [3.8, 4) is 0 Å². The van der Waals surface area contributed by atoms with Crippen molar-refractivity contribution < 1.29 is 23.5 Å². The molecule has 0 saturated carbocycles. The van der Waals surface area contributed by atoms with Crippen LogP contribution in [0.5, 0.6) is 0 Å². The van der Waals surface area contributed by atoms with Gasteiger partial charge in [-0.1, -0.05) is 60.7 Å². The summed E-state index contributed by atoms with van der Waals surface area (Å²) in [6.45, 7) is 0. The number of carbonyl (C=O) groups excluding carboxylic acids is 2. The molecule has 146 valence electrons. The van der Waals surface area contributed by atoms with Crippen LogP contribution in [-0.4, -0.2) is 26.2 Å². The van der Waals surface area contributed by atoms with Crippen molar-refractivity contribution in [1.82, 2.24) is 0 Å². The van der Waals surface area contributed by atoms with E-state index in [1.54, 1.807) is 24.3 Å². The summed E-state index contributed by atoms with van der Waals surface area (Å²) in [6.07, 6.45) is 3.22. The Morgan fingerprint density at radius 1 is 0.655 bits per heavy atom. The lowest BCUT2D eigenvalue weighted by atomic mass is 10.1. The van der Waals surface area contributed by atoms with E-state index < -0.39 is 11.9 Å². The Bertz CT molecular complexity index is 959. The molecule has 29 heavy (non-hydrogen) atoms. The van der Waals surface area contributed by atoms with E-state index in [2.05, 4.69) is 0 Å². The summed E-state index contributed by atoms with van der Waals surface area (Å²) in [5.41, 5.74) is 2.17. The first-order valence-corrected chi connectivity index (χ1v) is 8.93. The van der Waals surface area contributed by atoms with Crippen LogP contribution in [0.2, 0.25) is 0 Å². The standard InChI is InChI=1S/C24H20O5/c1-27-23(25)21(17-9-5-3-6-10-17)15-19-13-14-20(29-19)16-22(24(26)28-2)18-11-7-4-8-12-18/h3-16H,1-2H3/b21-15+,22-16+. The van der Waals surface area contributed by atoms with Gasteiger partial charge in [-0.25, -0.2) is 9.59 Å². The van der Waals surface area contributed by atoms with Gasteiger partial charge in [0, 0.05) is 0 Å². The van der Waals surface area contributed by atoms with Gasteiger partial charge in [0.2, 0.25) is 0 Å². The second-order valence-electron chi connectivity index (χ2n) is 6.07. The topological polar surface area (TPSA) is 65.7 Å². The smallest absolute Gasteiger partial charge is 0.338 e. The number of rotatable bonds is 6. The van der Waals surface area contributed by atoms with Gasteiger partial charge in [0.25, 0.3) is 0 Å². The Hall–Kier alpha value is -3.86. The Morgan fingerprint density at radius 3 is 1.38 bits per heavy atom. The molecule has 3 rings (SSSR count). The van der Waals surface area contributed by atoms with Crippen molar-refractivity contribution in [2.24, 2.45) is 0 Å². The fourth-order valence-electron chi connectivity index (χ4n) is 2.78. The fraction of sp³-hybridized carbons (Fsp3) is 0.0833. The van der Waals surface area contributed by atoms with Crippen LogP contribution in [0.1, 0.15) is 22.6 Å². The predicted octanol–water partition coefficient (Wildman–Crippen LogP) is 4.71. The van der Waals surface area contributed by atoms with Crippen LogP contribution in [0, 0.1) is 0 Å². The molecule has 0 bridgehead atoms. The van der Waals surface area contributed by atoms with E-state index in [0.717, 1.165) is 0 Å². The maximum Gasteiger partial charge on any atom is 0.338 e. The molecule has 0 radical (unpaired) electrons. The Morgan fingerprint density at radius 2 is 1.03 bits per heavy atom. The minimum Gasteiger partial charge on any atom is -0.465 e. The third-order valence-electron chi connectivity index (χ3n) is 4.20. The lowest BCUT2D eigenvalue weighted by Gasteiger charge is -2.05. The highest BCUT2D eigenvalue weighted by Gasteiger charge is 2.15. The zero-order valence-corrected chi connectivity index (χ0v) is 16.1. The molecule has 5 heteroatoms. The zero-order valence-electron chi connectivity index (χ0n) is 16.1. The number of benzene rings is 2. The number of ether oxygens (including phenoxy) is 2. The highest BCUT2D eigenvalue weighted by molar-refractivity contribution is 6.22. The van der Waals surface area contributed by atoms with Gasteiger partial charge in [0.05, 0.1) is 25.4 Å².